The molecular formula is C26H21BrFN3O8. The molecule has 1 aliphatic heterocycles. The van der Waals surface area contributed by atoms with Crippen LogP contribution in [-0.2, 0) is 20.9 Å². The van der Waals surface area contributed by atoms with E-state index >= 15 is 0 Å². The van der Waals surface area contributed by atoms with Crippen LogP contribution < -0.4 is 20.1 Å². The Morgan fingerprint density at radius 1 is 1.15 bits per heavy atom. The number of para-hydroxylation sites is 1. The van der Waals surface area contributed by atoms with Crippen LogP contribution in [0.5, 0.6) is 11.5 Å². The fraction of sp³-hybridized carbons (Fsp3) is 0.154. The van der Waals surface area contributed by atoms with Crippen molar-refractivity contribution in [1.29, 1.82) is 0 Å². The molecule has 202 valence electrons. The summed E-state index contributed by atoms with van der Waals surface area (Å²) in [6.45, 7) is -0.740. The number of esters is 1. The number of nitrogens with one attached hydrogen (secondary N) is 2. The number of anilines is 1. The molecule has 4 rings (SSSR count). The third-order valence-electron chi connectivity index (χ3n) is 5.39. The van der Waals surface area contributed by atoms with Crippen molar-refractivity contribution < 1.29 is 42.2 Å². The minimum Gasteiger partial charge on any atom is -0.493 e. The van der Waals surface area contributed by atoms with E-state index in [0.29, 0.717) is 10.0 Å². The smallest absolute Gasteiger partial charge is 0.373 e. The van der Waals surface area contributed by atoms with Gasteiger partial charge >= 0.3 is 12.0 Å². The van der Waals surface area contributed by atoms with Crippen molar-refractivity contribution in [2.45, 2.75) is 6.54 Å². The molecule has 2 heterocycles. The molecule has 13 heteroatoms. The Bertz CT molecular complexity index is 1490. The maximum Gasteiger partial charge on any atom is 0.373 e. The Kier molecular flexibility index (Phi) is 8.30. The number of carbonyl (C=O) groups excluding carboxylic acids is 4. The maximum absolute atomic E-state index is 13.9. The molecule has 39 heavy (non-hydrogen) atoms. The second kappa shape index (κ2) is 11.8. The Labute approximate surface area is 229 Å². The molecule has 1 fully saturated rings. The van der Waals surface area contributed by atoms with E-state index in [1.54, 1.807) is 18.2 Å². The number of rotatable bonds is 9. The van der Waals surface area contributed by atoms with Gasteiger partial charge in [0.05, 0.1) is 26.5 Å². The van der Waals surface area contributed by atoms with Crippen LogP contribution in [0.2, 0.25) is 0 Å². The molecule has 0 unspecified atom stereocenters. The van der Waals surface area contributed by atoms with E-state index in [1.807, 2.05) is 0 Å². The Morgan fingerprint density at radius 2 is 1.92 bits per heavy atom. The first-order valence-corrected chi connectivity index (χ1v) is 12.1. The molecular weight excluding hydrogens is 581 g/mol. The van der Waals surface area contributed by atoms with Crippen LogP contribution in [0.1, 0.15) is 21.9 Å². The second-order valence-corrected chi connectivity index (χ2v) is 8.90. The van der Waals surface area contributed by atoms with Gasteiger partial charge < -0.3 is 29.3 Å². The quantitative estimate of drug-likeness (QED) is 0.213. The Hall–Kier alpha value is -4.65. The molecule has 1 aliphatic rings. The Morgan fingerprint density at radius 3 is 2.64 bits per heavy atom. The van der Waals surface area contributed by atoms with Gasteiger partial charge in [0.1, 0.15) is 17.3 Å². The average molecular weight is 602 g/mol. The first-order valence-electron chi connectivity index (χ1n) is 11.3. The van der Waals surface area contributed by atoms with Crippen LogP contribution in [0.4, 0.5) is 14.9 Å². The number of methoxy groups -OCH3 is 2. The number of benzene rings is 2. The maximum atomic E-state index is 13.9. The summed E-state index contributed by atoms with van der Waals surface area (Å²) in [5.41, 5.74) is 0.211. The van der Waals surface area contributed by atoms with E-state index in [0.717, 1.165) is 4.90 Å². The summed E-state index contributed by atoms with van der Waals surface area (Å²) < 4.78 is 35.4. The molecule has 0 aliphatic carbocycles. The molecule has 0 spiro atoms. The number of furan rings is 1. The fourth-order valence-corrected chi connectivity index (χ4v) is 4.04. The van der Waals surface area contributed by atoms with Gasteiger partial charge in [0.2, 0.25) is 5.76 Å². The van der Waals surface area contributed by atoms with Crippen molar-refractivity contribution in [1.82, 2.24) is 10.2 Å². The molecule has 0 bridgehead atoms. The summed E-state index contributed by atoms with van der Waals surface area (Å²) >= 11 is 3.35. The first kappa shape index (κ1) is 27.4. The number of hydrogen-bond acceptors (Lipinski definition) is 8. The van der Waals surface area contributed by atoms with Gasteiger partial charge in [0, 0.05) is 10.0 Å². The molecule has 4 amide bonds. The van der Waals surface area contributed by atoms with Crippen LogP contribution in [0, 0.1) is 5.82 Å². The van der Waals surface area contributed by atoms with E-state index in [9.17, 15) is 23.6 Å². The van der Waals surface area contributed by atoms with Crippen LogP contribution in [0.3, 0.4) is 0 Å². The molecule has 3 aromatic rings. The average Bonchev–Trinajstić information content (AvgIpc) is 3.49. The summed E-state index contributed by atoms with van der Waals surface area (Å²) in [5, 5.41) is 4.90. The number of amides is 4. The summed E-state index contributed by atoms with van der Waals surface area (Å²) in [5.74, 6) is -2.15. The normalized spacial score (nSPS) is 13.8. The molecule has 0 saturated carbocycles. The van der Waals surface area contributed by atoms with Crippen molar-refractivity contribution >= 4 is 51.5 Å². The zero-order valence-corrected chi connectivity index (χ0v) is 22.2. The molecule has 2 aromatic carbocycles. The number of hydrogen-bond donors (Lipinski definition) is 2. The van der Waals surface area contributed by atoms with Crippen LogP contribution in [0.25, 0.3) is 6.08 Å². The lowest BCUT2D eigenvalue weighted by Crippen LogP contribution is -2.30. The molecule has 2 N–H and O–H groups in total. The number of urea groups is 1. The SMILES string of the molecule is COC(=O)c1ccc(CN2C(=O)N/C(=C/c3cc(Br)cc(OC)c3OCC(=O)Nc3ccccc3F)C2=O)o1. The highest BCUT2D eigenvalue weighted by Crippen LogP contribution is 2.36. The highest BCUT2D eigenvalue weighted by Gasteiger charge is 2.35. The summed E-state index contributed by atoms with van der Waals surface area (Å²) in [6.07, 6.45) is 1.36. The van der Waals surface area contributed by atoms with E-state index in [-0.39, 0.29) is 40.9 Å². The number of ether oxygens (including phenoxy) is 3. The zero-order chi connectivity index (χ0) is 28.1. The summed E-state index contributed by atoms with van der Waals surface area (Å²) in [4.78, 5) is 50.5. The van der Waals surface area contributed by atoms with Gasteiger partial charge in [-0.05, 0) is 42.5 Å². The fourth-order valence-electron chi connectivity index (χ4n) is 3.59. The van der Waals surface area contributed by atoms with Gasteiger partial charge in [-0.15, -0.1) is 0 Å². The van der Waals surface area contributed by atoms with Gasteiger partial charge in [-0.25, -0.2) is 14.0 Å². The van der Waals surface area contributed by atoms with Gasteiger partial charge in [-0.2, -0.15) is 0 Å². The standard InChI is InChI=1S/C26H21BrFN3O8/c1-36-21-11-15(27)9-14(23(21)38-13-22(32)29-18-6-4-3-5-17(18)28)10-19-24(33)31(26(35)30-19)12-16-7-8-20(39-16)25(34)37-2/h3-11H,12-13H2,1-2H3,(H,29,32)(H,30,35)/b19-10+. The molecule has 0 radical (unpaired) electrons. The number of halogens is 2. The van der Waals surface area contributed by atoms with Crippen LogP contribution >= 0.6 is 15.9 Å². The number of imide groups is 1. The predicted octanol–water partition coefficient (Wildman–Crippen LogP) is 4.09. The monoisotopic (exact) mass is 601 g/mol. The van der Waals surface area contributed by atoms with Crippen molar-refractivity contribution in [2.75, 3.05) is 26.1 Å². The van der Waals surface area contributed by atoms with E-state index < -0.39 is 36.2 Å². The van der Waals surface area contributed by atoms with Crippen molar-refractivity contribution in [2.24, 2.45) is 0 Å². The van der Waals surface area contributed by atoms with Gasteiger partial charge in [-0.1, -0.05) is 28.1 Å². The van der Waals surface area contributed by atoms with Crippen molar-refractivity contribution in [3.8, 4) is 11.5 Å². The van der Waals surface area contributed by atoms with Gasteiger partial charge in [0.25, 0.3) is 11.8 Å². The predicted molar refractivity (Wildman–Crippen MR) is 138 cm³/mol. The number of nitrogens with zero attached hydrogens (tertiary/aromatic N) is 1. The first-order chi connectivity index (χ1) is 18.7. The molecule has 1 aromatic heterocycles. The largest absolute Gasteiger partial charge is 0.493 e. The minimum absolute atomic E-state index is 0.00849. The minimum atomic E-state index is -0.712. The zero-order valence-electron chi connectivity index (χ0n) is 20.6. The van der Waals surface area contributed by atoms with E-state index in [2.05, 4.69) is 31.3 Å². The number of carbonyl (C=O) groups is 4. The highest BCUT2D eigenvalue weighted by molar-refractivity contribution is 9.10. The molecule has 0 atom stereocenters. The van der Waals surface area contributed by atoms with Gasteiger partial charge in [-0.3, -0.25) is 14.5 Å². The molecule has 11 nitrogen and oxygen atoms in total. The second-order valence-electron chi connectivity index (χ2n) is 7.98. The van der Waals surface area contributed by atoms with Crippen molar-refractivity contribution in [3.63, 3.8) is 0 Å². The summed E-state index contributed by atoms with van der Waals surface area (Å²) in [7, 11) is 2.59. The summed E-state index contributed by atoms with van der Waals surface area (Å²) in [6, 6.07) is 11.0. The van der Waals surface area contributed by atoms with E-state index in [4.69, 9.17) is 13.9 Å². The third-order valence-corrected chi connectivity index (χ3v) is 5.85. The third kappa shape index (κ3) is 6.26. The lowest BCUT2D eigenvalue weighted by atomic mass is 10.1. The lowest BCUT2D eigenvalue weighted by Gasteiger charge is -2.15. The molecule has 1 saturated heterocycles. The lowest BCUT2D eigenvalue weighted by molar-refractivity contribution is -0.123. The van der Waals surface area contributed by atoms with Crippen molar-refractivity contribution in [3.05, 3.63) is 81.6 Å². The van der Waals surface area contributed by atoms with Gasteiger partial charge in [0.15, 0.2) is 18.1 Å². The van der Waals surface area contributed by atoms with E-state index in [1.165, 1.54) is 50.6 Å². The Balaban J connectivity index is 1.54. The van der Waals surface area contributed by atoms with Crippen LogP contribution in [-0.4, -0.2) is 49.5 Å². The topological polar surface area (TPSA) is 136 Å². The highest BCUT2D eigenvalue weighted by atomic mass is 79.9. The van der Waals surface area contributed by atoms with Crippen LogP contribution in [0.15, 0.2) is 63.1 Å².